The van der Waals surface area contributed by atoms with Crippen LogP contribution in [0.3, 0.4) is 0 Å². The first-order valence-corrected chi connectivity index (χ1v) is 10.8. The first kappa shape index (κ1) is 21.2. The molecule has 3 N–H and O–H groups in total. The summed E-state index contributed by atoms with van der Waals surface area (Å²) in [5.74, 6) is 0.419. The first-order chi connectivity index (χ1) is 13.5. The zero-order valence-corrected chi connectivity index (χ0v) is 17.5. The number of alkyl halides is 1. The van der Waals surface area contributed by atoms with Crippen molar-refractivity contribution in [1.29, 1.82) is 0 Å². The third kappa shape index (κ3) is 5.31. The summed E-state index contributed by atoms with van der Waals surface area (Å²) in [6, 6.07) is 7.52. The number of halogens is 2. The van der Waals surface area contributed by atoms with Gasteiger partial charge < -0.3 is 20.9 Å². The third-order valence-electron chi connectivity index (χ3n) is 5.71. The van der Waals surface area contributed by atoms with Crippen molar-refractivity contribution < 1.29 is 9.59 Å². The van der Waals surface area contributed by atoms with Gasteiger partial charge >= 0.3 is 0 Å². The van der Waals surface area contributed by atoms with Gasteiger partial charge in [0.25, 0.3) is 0 Å². The predicted molar refractivity (Wildman–Crippen MR) is 113 cm³/mol. The van der Waals surface area contributed by atoms with Crippen molar-refractivity contribution in [1.82, 2.24) is 15.5 Å². The second kappa shape index (κ2) is 9.81. The molecule has 154 valence electrons. The summed E-state index contributed by atoms with van der Waals surface area (Å²) in [4.78, 5) is 26.8. The van der Waals surface area contributed by atoms with Crippen LogP contribution in [0.25, 0.3) is 0 Å². The Hall–Kier alpha value is -1.50. The monoisotopic (exact) mass is 426 g/mol. The number of amides is 2. The summed E-state index contributed by atoms with van der Waals surface area (Å²) in [7, 11) is 0. The number of carbonyl (C=O) groups excluding carboxylic acids is 2. The highest BCUT2D eigenvalue weighted by molar-refractivity contribution is 6.30. The summed E-state index contributed by atoms with van der Waals surface area (Å²) in [6.07, 6.45) is 3.29. The Kier molecular flexibility index (Phi) is 7.43. The van der Waals surface area contributed by atoms with Crippen molar-refractivity contribution in [2.45, 2.75) is 31.2 Å². The second-order valence-electron chi connectivity index (χ2n) is 7.64. The van der Waals surface area contributed by atoms with Gasteiger partial charge in [-0.3, -0.25) is 9.59 Å². The van der Waals surface area contributed by atoms with E-state index in [1.54, 1.807) is 0 Å². The number of piperidine rings is 2. The minimum Gasteiger partial charge on any atom is -0.371 e. The van der Waals surface area contributed by atoms with Gasteiger partial charge in [-0.2, -0.15) is 0 Å². The minimum atomic E-state index is -0.585. The molecule has 2 aliphatic heterocycles. The lowest BCUT2D eigenvalue weighted by atomic mass is 9.85. The molecule has 3 rings (SSSR count). The SMILES string of the molecule is O=C(CCl)NCC1CCN(C(=O)C2(Nc3ccc(Cl)cc3)CCNCC2)CC1. The van der Waals surface area contributed by atoms with E-state index in [0.717, 1.165) is 57.5 Å². The molecule has 1 aromatic carbocycles. The minimum absolute atomic E-state index is 0.00967. The summed E-state index contributed by atoms with van der Waals surface area (Å²) < 4.78 is 0. The quantitative estimate of drug-likeness (QED) is 0.610. The van der Waals surface area contributed by atoms with Crippen LogP contribution in [0.5, 0.6) is 0 Å². The number of nitrogens with zero attached hydrogens (tertiary/aromatic N) is 1. The Morgan fingerprint density at radius 1 is 1.14 bits per heavy atom. The van der Waals surface area contributed by atoms with Crippen LogP contribution in [0, 0.1) is 5.92 Å². The van der Waals surface area contributed by atoms with Gasteiger partial charge in [-0.15, -0.1) is 11.6 Å². The Morgan fingerprint density at radius 3 is 2.39 bits per heavy atom. The molecule has 1 aromatic rings. The molecule has 2 saturated heterocycles. The van der Waals surface area contributed by atoms with Crippen LogP contribution in [-0.4, -0.2) is 60.9 Å². The highest BCUT2D eigenvalue weighted by Gasteiger charge is 2.42. The molecule has 2 amide bonds. The Morgan fingerprint density at radius 2 is 1.79 bits per heavy atom. The van der Waals surface area contributed by atoms with Gasteiger partial charge in [-0.05, 0) is 69.0 Å². The third-order valence-corrected chi connectivity index (χ3v) is 6.20. The standard InChI is InChI=1S/C20H28Cl2N4O2/c21-13-18(27)24-14-15-5-11-26(12-6-15)19(28)20(7-9-23-10-8-20)25-17-3-1-16(22)2-4-17/h1-4,15,23,25H,5-14H2,(H,24,27). The van der Waals surface area contributed by atoms with Crippen LogP contribution >= 0.6 is 23.2 Å². The fourth-order valence-electron chi connectivity index (χ4n) is 4.00. The molecule has 6 nitrogen and oxygen atoms in total. The van der Waals surface area contributed by atoms with Crippen LogP contribution in [0.1, 0.15) is 25.7 Å². The Balaban J connectivity index is 1.62. The van der Waals surface area contributed by atoms with Gasteiger partial charge in [0, 0.05) is 30.3 Å². The van der Waals surface area contributed by atoms with Gasteiger partial charge in [-0.1, -0.05) is 11.6 Å². The molecular formula is C20H28Cl2N4O2. The summed E-state index contributed by atoms with van der Waals surface area (Å²) in [5.41, 5.74) is 0.331. The van der Waals surface area contributed by atoms with E-state index < -0.39 is 5.54 Å². The number of anilines is 1. The van der Waals surface area contributed by atoms with Crippen molar-refractivity contribution in [3.8, 4) is 0 Å². The molecular weight excluding hydrogens is 399 g/mol. The van der Waals surface area contributed by atoms with E-state index in [1.165, 1.54) is 0 Å². The summed E-state index contributed by atoms with van der Waals surface area (Å²) in [6.45, 7) is 3.70. The zero-order chi connectivity index (χ0) is 20.0. The molecule has 0 bridgehead atoms. The molecule has 8 heteroatoms. The largest absolute Gasteiger partial charge is 0.371 e. The number of rotatable bonds is 6. The van der Waals surface area contributed by atoms with Gasteiger partial charge in [0.1, 0.15) is 11.4 Å². The van der Waals surface area contributed by atoms with E-state index in [-0.39, 0.29) is 17.7 Å². The van der Waals surface area contributed by atoms with Gasteiger partial charge in [0.05, 0.1) is 0 Å². The van der Waals surface area contributed by atoms with Crippen molar-refractivity contribution in [2.75, 3.05) is 43.9 Å². The Bertz CT molecular complexity index is 669. The van der Waals surface area contributed by atoms with Gasteiger partial charge in [0.2, 0.25) is 11.8 Å². The molecule has 0 spiro atoms. The zero-order valence-electron chi connectivity index (χ0n) is 16.0. The molecule has 0 unspecified atom stereocenters. The van der Waals surface area contributed by atoms with Crippen molar-refractivity contribution >= 4 is 40.7 Å². The molecule has 28 heavy (non-hydrogen) atoms. The van der Waals surface area contributed by atoms with Gasteiger partial charge in [-0.25, -0.2) is 0 Å². The lowest BCUT2D eigenvalue weighted by Gasteiger charge is -2.43. The number of benzene rings is 1. The molecule has 0 aliphatic carbocycles. The number of nitrogens with one attached hydrogen (secondary N) is 3. The smallest absolute Gasteiger partial charge is 0.248 e. The fourth-order valence-corrected chi connectivity index (χ4v) is 4.22. The molecule has 2 heterocycles. The fraction of sp³-hybridized carbons (Fsp3) is 0.600. The lowest BCUT2D eigenvalue weighted by molar-refractivity contribution is -0.138. The van der Waals surface area contributed by atoms with E-state index in [9.17, 15) is 9.59 Å². The van der Waals surface area contributed by atoms with Gasteiger partial charge in [0.15, 0.2) is 0 Å². The van der Waals surface area contributed by atoms with Crippen molar-refractivity contribution in [3.05, 3.63) is 29.3 Å². The van der Waals surface area contributed by atoms with Crippen LogP contribution < -0.4 is 16.0 Å². The lowest BCUT2D eigenvalue weighted by Crippen LogP contribution is -2.60. The normalized spacial score (nSPS) is 19.9. The van der Waals surface area contributed by atoms with Crippen LogP contribution in [-0.2, 0) is 9.59 Å². The van der Waals surface area contributed by atoms with E-state index in [4.69, 9.17) is 23.2 Å². The highest BCUT2D eigenvalue weighted by atomic mass is 35.5. The van der Waals surface area contributed by atoms with E-state index >= 15 is 0 Å². The average molecular weight is 427 g/mol. The maximum Gasteiger partial charge on any atom is 0.248 e. The number of hydrogen-bond donors (Lipinski definition) is 3. The number of carbonyl (C=O) groups is 2. The summed E-state index contributed by atoms with van der Waals surface area (Å²) >= 11 is 11.5. The maximum atomic E-state index is 13.5. The molecule has 2 fully saturated rings. The van der Waals surface area contributed by atoms with Crippen LogP contribution in [0.15, 0.2) is 24.3 Å². The van der Waals surface area contributed by atoms with E-state index in [2.05, 4.69) is 16.0 Å². The first-order valence-electron chi connectivity index (χ1n) is 9.89. The topological polar surface area (TPSA) is 73.5 Å². The van der Waals surface area contributed by atoms with E-state index in [1.807, 2.05) is 29.2 Å². The van der Waals surface area contributed by atoms with Crippen LogP contribution in [0.2, 0.25) is 5.02 Å². The van der Waals surface area contributed by atoms with Crippen molar-refractivity contribution in [3.63, 3.8) is 0 Å². The predicted octanol–water partition coefficient (Wildman–Crippen LogP) is 2.47. The Labute approximate surface area is 176 Å². The number of likely N-dealkylation sites (tertiary alicyclic amines) is 1. The number of hydrogen-bond acceptors (Lipinski definition) is 4. The van der Waals surface area contributed by atoms with Crippen LogP contribution in [0.4, 0.5) is 5.69 Å². The molecule has 0 saturated carbocycles. The highest BCUT2D eigenvalue weighted by Crippen LogP contribution is 2.29. The molecule has 0 aromatic heterocycles. The molecule has 2 aliphatic rings. The molecule has 0 radical (unpaired) electrons. The maximum absolute atomic E-state index is 13.5. The molecule has 0 atom stereocenters. The average Bonchev–Trinajstić information content (AvgIpc) is 2.74. The second-order valence-corrected chi connectivity index (χ2v) is 8.34. The van der Waals surface area contributed by atoms with E-state index in [0.29, 0.717) is 17.5 Å². The summed E-state index contributed by atoms with van der Waals surface area (Å²) in [5, 5.41) is 10.4. The van der Waals surface area contributed by atoms with Crippen molar-refractivity contribution in [2.24, 2.45) is 5.92 Å².